The maximum absolute atomic E-state index is 12.9. The molecule has 0 radical (unpaired) electrons. The van der Waals surface area contributed by atoms with Crippen molar-refractivity contribution in [2.75, 3.05) is 13.2 Å². The van der Waals surface area contributed by atoms with Crippen LogP contribution in [0.3, 0.4) is 0 Å². The molecule has 2 N–H and O–H groups in total. The Balaban J connectivity index is 1.84. The van der Waals surface area contributed by atoms with Crippen molar-refractivity contribution in [1.29, 1.82) is 0 Å². The molecule has 4 bridgehead atoms. The Bertz CT molecular complexity index is 789. The first-order chi connectivity index (χ1) is 13.2. The zero-order chi connectivity index (χ0) is 19.1. The van der Waals surface area contributed by atoms with Crippen molar-refractivity contribution in [3.63, 3.8) is 0 Å². The second kappa shape index (κ2) is 9.27. The van der Waals surface area contributed by atoms with Crippen LogP contribution in [0.5, 0.6) is 0 Å². The summed E-state index contributed by atoms with van der Waals surface area (Å²) in [4.78, 5) is 26.4. The van der Waals surface area contributed by atoms with E-state index in [9.17, 15) is 14.7 Å². The van der Waals surface area contributed by atoms with Gasteiger partial charge >= 0.3 is 0 Å². The molecule has 1 aromatic carbocycles. The van der Waals surface area contributed by atoms with E-state index in [0.717, 1.165) is 31.4 Å². The number of β-amino-alcohol motifs (C(OH)–C–C–N with tert-alkyl or cyclic N) is 1. The zero-order valence-electron chi connectivity index (χ0n) is 15.3. The Morgan fingerprint density at radius 1 is 1.19 bits per heavy atom. The van der Waals surface area contributed by atoms with Crippen LogP contribution < -0.4 is 5.32 Å². The van der Waals surface area contributed by atoms with Crippen molar-refractivity contribution < 1.29 is 14.7 Å². The van der Waals surface area contributed by atoms with Gasteiger partial charge in [-0.2, -0.15) is 0 Å². The van der Waals surface area contributed by atoms with Crippen LogP contribution in [0.1, 0.15) is 47.3 Å². The number of hydrogen-bond donors (Lipinski definition) is 2. The molecule has 8 nitrogen and oxygen atoms in total. The van der Waals surface area contributed by atoms with Gasteiger partial charge < -0.3 is 15.3 Å². The average Bonchev–Trinajstić information content (AvgIpc) is 3.12. The molecule has 0 saturated heterocycles. The van der Waals surface area contributed by atoms with Crippen LogP contribution in [0.2, 0.25) is 0 Å². The Morgan fingerprint density at radius 3 is 2.93 bits per heavy atom. The number of aliphatic hydroxyl groups excluding tert-OH is 1. The van der Waals surface area contributed by atoms with Crippen molar-refractivity contribution in [2.45, 2.75) is 45.3 Å². The monoisotopic (exact) mass is 371 g/mol. The third kappa shape index (κ3) is 5.37. The number of nitrogens with one attached hydrogen (secondary N) is 1. The van der Waals surface area contributed by atoms with E-state index >= 15 is 0 Å². The van der Waals surface area contributed by atoms with Crippen LogP contribution in [-0.2, 0) is 24.4 Å². The number of aliphatic hydroxyl groups is 1. The highest BCUT2D eigenvalue weighted by atomic mass is 16.3. The molecule has 0 atom stereocenters. The van der Waals surface area contributed by atoms with E-state index in [1.165, 1.54) is 0 Å². The van der Waals surface area contributed by atoms with Gasteiger partial charge in [0.05, 0.1) is 19.3 Å². The fourth-order valence-corrected chi connectivity index (χ4v) is 3.11. The van der Waals surface area contributed by atoms with Crippen molar-refractivity contribution in [1.82, 2.24) is 25.2 Å². The van der Waals surface area contributed by atoms with Gasteiger partial charge in [0.2, 0.25) is 5.91 Å². The molecule has 0 spiro atoms. The standard InChI is InChI=1S/C19H25N5O3/c25-10-9-23-13-17-14-24(22-21-17)8-3-1-2-7-18(26)20-12-15-5-4-6-16(11-15)19(23)27/h4-6,11,14,25H,1-3,7-10,12-13H2,(H,20,26). The molecule has 27 heavy (non-hydrogen) atoms. The second-order valence-corrected chi connectivity index (χ2v) is 6.71. The lowest BCUT2D eigenvalue weighted by atomic mass is 10.1. The van der Waals surface area contributed by atoms with Crippen LogP contribution in [0, 0.1) is 0 Å². The van der Waals surface area contributed by atoms with E-state index in [2.05, 4.69) is 15.6 Å². The lowest BCUT2D eigenvalue weighted by Gasteiger charge is -2.21. The van der Waals surface area contributed by atoms with Gasteiger partial charge in [-0.05, 0) is 30.5 Å². The molecule has 2 amide bonds. The lowest BCUT2D eigenvalue weighted by molar-refractivity contribution is -0.121. The molecule has 8 heteroatoms. The lowest BCUT2D eigenvalue weighted by Crippen LogP contribution is -2.33. The van der Waals surface area contributed by atoms with E-state index in [0.29, 0.717) is 30.8 Å². The number of benzene rings is 1. The molecule has 2 aromatic rings. The number of nitrogens with zero attached hydrogens (tertiary/aromatic N) is 4. The van der Waals surface area contributed by atoms with E-state index < -0.39 is 0 Å². The first-order valence-corrected chi connectivity index (χ1v) is 9.30. The highest BCUT2D eigenvalue weighted by Gasteiger charge is 2.18. The van der Waals surface area contributed by atoms with Crippen molar-refractivity contribution in [2.24, 2.45) is 0 Å². The summed E-state index contributed by atoms with van der Waals surface area (Å²) in [5.74, 6) is -0.169. The fourth-order valence-electron chi connectivity index (χ4n) is 3.11. The largest absolute Gasteiger partial charge is 0.395 e. The Morgan fingerprint density at radius 2 is 2.07 bits per heavy atom. The Kier molecular flexibility index (Phi) is 6.54. The predicted octanol–water partition coefficient (Wildman–Crippen LogP) is 1.10. The minimum absolute atomic E-state index is 0.0148. The van der Waals surface area contributed by atoms with Gasteiger partial charge in [0.15, 0.2) is 0 Å². The molecular formula is C19H25N5O3. The number of aromatic nitrogens is 3. The average molecular weight is 371 g/mol. The van der Waals surface area contributed by atoms with E-state index in [1.807, 2.05) is 12.3 Å². The predicted molar refractivity (Wildman–Crippen MR) is 98.6 cm³/mol. The highest BCUT2D eigenvalue weighted by Crippen LogP contribution is 2.12. The van der Waals surface area contributed by atoms with E-state index in [4.69, 9.17) is 0 Å². The normalized spacial score (nSPS) is 16.7. The maximum atomic E-state index is 12.9. The van der Waals surface area contributed by atoms with Gasteiger partial charge in [0.1, 0.15) is 5.69 Å². The first-order valence-electron chi connectivity index (χ1n) is 9.30. The van der Waals surface area contributed by atoms with Crippen LogP contribution in [0.4, 0.5) is 0 Å². The van der Waals surface area contributed by atoms with Gasteiger partial charge in [-0.1, -0.05) is 23.8 Å². The summed E-state index contributed by atoms with van der Waals surface area (Å²) in [6, 6.07) is 7.20. The minimum atomic E-state index is -0.184. The molecule has 0 saturated carbocycles. The summed E-state index contributed by atoms with van der Waals surface area (Å²) in [5.41, 5.74) is 2.08. The number of aryl methyl sites for hydroxylation is 1. The molecule has 1 aromatic heterocycles. The molecule has 3 rings (SSSR count). The van der Waals surface area contributed by atoms with Crippen LogP contribution in [0.15, 0.2) is 30.5 Å². The Labute approximate surface area is 158 Å². The zero-order valence-corrected chi connectivity index (χ0v) is 15.3. The van der Waals surface area contributed by atoms with Gasteiger partial charge in [-0.3, -0.25) is 14.3 Å². The summed E-state index contributed by atoms with van der Waals surface area (Å²) in [7, 11) is 0. The van der Waals surface area contributed by atoms with Crippen molar-refractivity contribution in [3.05, 3.63) is 47.3 Å². The second-order valence-electron chi connectivity index (χ2n) is 6.71. The van der Waals surface area contributed by atoms with Gasteiger partial charge in [-0.15, -0.1) is 5.10 Å². The summed E-state index contributed by atoms with van der Waals surface area (Å²) in [5, 5.41) is 20.5. The molecule has 0 fully saturated rings. The van der Waals surface area contributed by atoms with Crippen LogP contribution >= 0.6 is 0 Å². The number of fused-ring (bicyclic) bond motifs is 4. The first kappa shape index (κ1) is 19.0. The summed E-state index contributed by atoms with van der Waals surface area (Å²) >= 11 is 0. The summed E-state index contributed by atoms with van der Waals surface area (Å²) in [6.45, 7) is 1.50. The molecule has 1 aliphatic heterocycles. The third-order valence-corrected chi connectivity index (χ3v) is 4.55. The number of rotatable bonds is 2. The molecule has 0 unspecified atom stereocenters. The number of amides is 2. The van der Waals surface area contributed by atoms with E-state index in [1.54, 1.807) is 27.8 Å². The fraction of sp³-hybridized carbons (Fsp3) is 0.474. The molecule has 144 valence electrons. The number of carbonyl (C=O) groups excluding carboxylic acids is 2. The van der Waals surface area contributed by atoms with Crippen molar-refractivity contribution in [3.8, 4) is 0 Å². The van der Waals surface area contributed by atoms with Gasteiger partial charge in [0.25, 0.3) is 5.91 Å². The SMILES string of the molecule is O=C1CCCCCn2cc(nn2)CN(CCO)C(=O)c2cccc(c2)CN1. The van der Waals surface area contributed by atoms with Gasteiger partial charge in [-0.25, -0.2) is 0 Å². The topological polar surface area (TPSA) is 100 Å². The van der Waals surface area contributed by atoms with Crippen LogP contribution in [0.25, 0.3) is 0 Å². The molecule has 2 heterocycles. The quantitative estimate of drug-likeness (QED) is 0.823. The van der Waals surface area contributed by atoms with E-state index in [-0.39, 0.29) is 25.0 Å². The highest BCUT2D eigenvalue weighted by molar-refractivity contribution is 5.94. The molecule has 1 aliphatic rings. The maximum Gasteiger partial charge on any atom is 0.254 e. The van der Waals surface area contributed by atoms with Crippen molar-refractivity contribution >= 4 is 11.8 Å². The molecular weight excluding hydrogens is 346 g/mol. The van der Waals surface area contributed by atoms with Gasteiger partial charge in [0, 0.05) is 31.6 Å². The van der Waals surface area contributed by atoms with Crippen LogP contribution in [-0.4, -0.2) is 50.0 Å². The Hall–Kier alpha value is -2.74. The summed E-state index contributed by atoms with van der Waals surface area (Å²) in [6.07, 6.45) is 5.00. The molecule has 0 aliphatic carbocycles. The third-order valence-electron chi connectivity index (χ3n) is 4.55. The number of carbonyl (C=O) groups is 2. The smallest absolute Gasteiger partial charge is 0.254 e. The minimum Gasteiger partial charge on any atom is -0.395 e. The summed E-state index contributed by atoms with van der Waals surface area (Å²) < 4.78 is 1.76. The number of hydrogen-bond acceptors (Lipinski definition) is 5.